The Balaban J connectivity index is 0.000000791. The molecule has 0 radical (unpaired) electrons. The van der Waals surface area contributed by atoms with Crippen LogP contribution >= 0.6 is 0 Å². The van der Waals surface area contributed by atoms with E-state index in [0.29, 0.717) is 6.29 Å². The number of aldehydes is 1. The van der Waals surface area contributed by atoms with E-state index in [1.807, 2.05) is 0 Å². The summed E-state index contributed by atoms with van der Waals surface area (Å²) in [6, 6.07) is 3.43. The van der Waals surface area contributed by atoms with Crippen molar-refractivity contribution in [2.45, 2.75) is 0 Å². The van der Waals surface area contributed by atoms with Crippen molar-refractivity contribution < 1.29 is 19.9 Å². The number of phenols is 1. The maximum absolute atomic E-state index is 10.2. The Morgan fingerprint density at radius 2 is 2.00 bits per heavy atom. The van der Waals surface area contributed by atoms with E-state index in [2.05, 4.69) is 0 Å². The smallest absolute Gasteiger partial charge is 0.311 e. The highest BCUT2D eigenvalue weighted by molar-refractivity contribution is 5.77. The molecular weight excluding hydrogens is 190 g/mol. The summed E-state index contributed by atoms with van der Waals surface area (Å²) in [5.74, 6) is -0.439. The van der Waals surface area contributed by atoms with Crippen LogP contribution in [0.5, 0.6) is 5.75 Å². The van der Waals surface area contributed by atoms with Crippen molar-refractivity contribution in [2.75, 3.05) is 7.11 Å². The third-order valence-corrected chi connectivity index (χ3v) is 1.33. The number of rotatable bonds is 2. The summed E-state index contributed by atoms with van der Waals surface area (Å²) < 4.78 is 0. The van der Waals surface area contributed by atoms with Gasteiger partial charge in [-0.1, -0.05) is 0 Å². The number of hydrogen-bond acceptors (Lipinski definition) is 5. The lowest BCUT2D eigenvalue weighted by molar-refractivity contribution is -0.385. The average molecular weight is 199 g/mol. The summed E-state index contributed by atoms with van der Waals surface area (Å²) in [4.78, 5) is 19.7. The minimum Gasteiger partial charge on any atom is -0.502 e. The number of carbonyl (C=O) groups excluding carboxylic acids is 1. The highest BCUT2D eigenvalue weighted by Crippen LogP contribution is 2.25. The van der Waals surface area contributed by atoms with Crippen LogP contribution in [-0.4, -0.2) is 28.5 Å². The van der Waals surface area contributed by atoms with Crippen LogP contribution in [0.2, 0.25) is 0 Å². The second kappa shape index (κ2) is 5.65. The third kappa shape index (κ3) is 2.83. The van der Waals surface area contributed by atoms with Crippen molar-refractivity contribution in [1.29, 1.82) is 0 Å². The molecule has 0 saturated heterocycles. The van der Waals surface area contributed by atoms with Crippen LogP contribution < -0.4 is 0 Å². The molecule has 0 saturated carbocycles. The quantitative estimate of drug-likeness (QED) is 0.415. The molecule has 0 atom stereocenters. The Hall–Kier alpha value is -1.95. The zero-order valence-electron chi connectivity index (χ0n) is 7.38. The molecule has 0 aromatic heterocycles. The summed E-state index contributed by atoms with van der Waals surface area (Å²) in [6.07, 6.45) is 0.479. The molecule has 0 fully saturated rings. The molecule has 76 valence electrons. The van der Waals surface area contributed by atoms with Crippen molar-refractivity contribution in [1.82, 2.24) is 0 Å². The SMILES string of the molecule is CO.O=Cc1ccc(O)c([N+](=O)[O-])c1. The molecule has 0 amide bonds. The van der Waals surface area contributed by atoms with Crippen LogP contribution in [0.1, 0.15) is 10.4 Å². The minimum absolute atomic E-state index is 0.166. The van der Waals surface area contributed by atoms with Crippen LogP contribution in [0.25, 0.3) is 0 Å². The molecule has 6 heteroatoms. The molecule has 0 heterocycles. The fourth-order valence-corrected chi connectivity index (χ4v) is 0.760. The predicted octanol–water partition coefficient (Wildman–Crippen LogP) is 0.721. The van der Waals surface area contributed by atoms with Gasteiger partial charge in [0.1, 0.15) is 6.29 Å². The zero-order valence-corrected chi connectivity index (χ0v) is 7.38. The molecule has 0 spiro atoms. The van der Waals surface area contributed by atoms with Gasteiger partial charge in [0.2, 0.25) is 0 Å². The second-order valence-corrected chi connectivity index (χ2v) is 2.12. The van der Waals surface area contributed by atoms with E-state index in [1.165, 1.54) is 6.07 Å². The van der Waals surface area contributed by atoms with Gasteiger partial charge in [-0.15, -0.1) is 0 Å². The first kappa shape index (κ1) is 12.0. The lowest BCUT2D eigenvalue weighted by Gasteiger charge is -1.94. The van der Waals surface area contributed by atoms with E-state index in [0.717, 1.165) is 19.2 Å². The summed E-state index contributed by atoms with van der Waals surface area (Å²) in [5.41, 5.74) is -0.292. The van der Waals surface area contributed by atoms with Gasteiger partial charge in [-0.3, -0.25) is 14.9 Å². The van der Waals surface area contributed by atoms with Crippen molar-refractivity contribution in [2.24, 2.45) is 0 Å². The number of aromatic hydroxyl groups is 1. The van der Waals surface area contributed by atoms with Gasteiger partial charge in [-0.2, -0.15) is 0 Å². The van der Waals surface area contributed by atoms with Gasteiger partial charge in [0.15, 0.2) is 5.75 Å². The highest BCUT2D eigenvalue weighted by atomic mass is 16.6. The molecule has 0 aliphatic carbocycles. The normalized spacial score (nSPS) is 8.43. The Bertz CT molecular complexity index is 337. The molecule has 1 aromatic carbocycles. The van der Waals surface area contributed by atoms with Crippen LogP contribution in [-0.2, 0) is 0 Å². The Morgan fingerprint density at radius 3 is 2.43 bits per heavy atom. The first-order chi connectivity index (χ1) is 6.65. The summed E-state index contributed by atoms with van der Waals surface area (Å²) in [6.45, 7) is 0. The molecule has 0 aliphatic heterocycles. The monoisotopic (exact) mass is 199 g/mol. The molecule has 1 rings (SSSR count). The van der Waals surface area contributed by atoms with Crippen molar-refractivity contribution in [3.63, 3.8) is 0 Å². The van der Waals surface area contributed by atoms with E-state index in [-0.39, 0.29) is 5.56 Å². The maximum Gasteiger partial charge on any atom is 0.311 e. The molecule has 1 aromatic rings. The van der Waals surface area contributed by atoms with Crippen LogP contribution in [0.15, 0.2) is 18.2 Å². The fourth-order valence-electron chi connectivity index (χ4n) is 0.760. The second-order valence-electron chi connectivity index (χ2n) is 2.12. The number of benzene rings is 1. The van der Waals surface area contributed by atoms with Gasteiger partial charge in [0.05, 0.1) is 4.92 Å². The van der Waals surface area contributed by atoms with Gasteiger partial charge < -0.3 is 10.2 Å². The number of aliphatic hydroxyl groups excluding tert-OH is 1. The van der Waals surface area contributed by atoms with E-state index >= 15 is 0 Å². The van der Waals surface area contributed by atoms with E-state index < -0.39 is 16.4 Å². The summed E-state index contributed by atoms with van der Waals surface area (Å²) >= 11 is 0. The maximum atomic E-state index is 10.2. The average Bonchev–Trinajstić information content (AvgIpc) is 2.21. The Labute approximate surface area is 79.6 Å². The van der Waals surface area contributed by atoms with Crippen LogP contribution in [0, 0.1) is 10.1 Å². The number of carbonyl (C=O) groups is 1. The standard InChI is InChI=1S/C7H5NO4.CH4O/c9-4-5-1-2-7(10)6(3-5)8(11)12;1-2/h1-4,10H;2H,1H3. The minimum atomic E-state index is -0.748. The van der Waals surface area contributed by atoms with Gasteiger partial charge in [0, 0.05) is 18.7 Å². The van der Waals surface area contributed by atoms with E-state index in [1.54, 1.807) is 0 Å². The highest BCUT2D eigenvalue weighted by Gasteiger charge is 2.12. The number of nitrogens with zero attached hydrogens (tertiary/aromatic N) is 1. The van der Waals surface area contributed by atoms with Gasteiger partial charge in [0.25, 0.3) is 0 Å². The molecular formula is C8H9NO5. The molecule has 2 N–H and O–H groups in total. The number of aliphatic hydroxyl groups is 1. The molecule has 0 bridgehead atoms. The molecule has 0 aliphatic rings. The number of phenolic OH excluding ortho intramolecular Hbond substituents is 1. The largest absolute Gasteiger partial charge is 0.502 e. The van der Waals surface area contributed by atoms with Gasteiger partial charge >= 0.3 is 5.69 Å². The molecule has 0 unspecified atom stereocenters. The van der Waals surface area contributed by atoms with E-state index in [9.17, 15) is 14.9 Å². The van der Waals surface area contributed by atoms with Crippen molar-refractivity contribution >= 4 is 12.0 Å². The first-order valence-electron chi connectivity index (χ1n) is 3.52. The number of nitro benzene ring substituents is 1. The summed E-state index contributed by atoms with van der Waals surface area (Å²) in [7, 11) is 1.00. The van der Waals surface area contributed by atoms with Crippen molar-refractivity contribution in [3.05, 3.63) is 33.9 Å². The van der Waals surface area contributed by atoms with E-state index in [4.69, 9.17) is 10.2 Å². The lowest BCUT2D eigenvalue weighted by Crippen LogP contribution is -1.90. The number of nitro groups is 1. The van der Waals surface area contributed by atoms with Crippen molar-refractivity contribution in [3.8, 4) is 5.75 Å². The number of hydrogen-bond donors (Lipinski definition) is 2. The third-order valence-electron chi connectivity index (χ3n) is 1.33. The fraction of sp³-hybridized carbons (Fsp3) is 0.125. The molecule has 6 nitrogen and oxygen atoms in total. The van der Waals surface area contributed by atoms with Gasteiger partial charge in [-0.25, -0.2) is 0 Å². The van der Waals surface area contributed by atoms with Crippen LogP contribution in [0.4, 0.5) is 5.69 Å². The summed E-state index contributed by atoms with van der Waals surface area (Å²) in [5, 5.41) is 26.2. The Morgan fingerprint density at radius 1 is 1.43 bits per heavy atom. The first-order valence-corrected chi connectivity index (χ1v) is 3.52. The van der Waals surface area contributed by atoms with Gasteiger partial charge in [-0.05, 0) is 12.1 Å². The van der Waals surface area contributed by atoms with Crippen LogP contribution in [0.3, 0.4) is 0 Å². The topological polar surface area (TPSA) is 101 Å². The lowest BCUT2D eigenvalue weighted by atomic mass is 10.2. The molecule has 14 heavy (non-hydrogen) atoms. The zero-order chi connectivity index (χ0) is 11.1. The predicted molar refractivity (Wildman–Crippen MR) is 48.3 cm³/mol. The Kier molecular flexibility index (Phi) is 4.87.